The lowest BCUT2D eigenvalue weighted by molar-refractivity contribution is 0.270. The summed E-state index contributed by atoms with van der Waals surface area (Å²) in [6.07, 6.45) is 1.35. The van der Waals surface area contributed by atoms with Crippen molar-refractivity contribution in [1.29, 1.82) is 0 Å². The fraction of sp³-hybridized carbons (Fsp3) is 0.692. The molecule has 1 fully saturated rings. The van der Waals surface area contributed by atoms with Crippen LogP contribution in [0.15, 0.2) is 12.1 Å². The van der Waals surface area contributed by atoms with Crippen LogP contribution in [0.5, 0.6) is 0 Å². The highest BCUT2D eigenvalue weighted by Crippen LogP contribution is 2.19. The summed E-state index contributed by atoms with van der Waals surface area (Å²) < 4.78 is 23.6. The molecule has 1 N–H and O–H groups in total. The molecule has 2 heterocycles. The largest absolute Gasteiger partial charge is 0.311 e. The third kappa shape index (κ3) is 4.73. The van der Waals surface area contributed by atoms with Crippen LogP contribution in [0.2, 0.25) is 0 Å². The van der Waals surface area contributed by atoms with E-state index in [1.54, 1.807) is 23.1 Å². The van der Waals surface area contributed by atoms with Crippen LogP contribution in [-0.2, 0) is 16.4 Å². The molecule has 0 amide bonds. The van der Waals surface area contributed by atoms with Crippen molar-refractivity contribution in [1.82, 2.24) is 10.2 Å². The monoisotopic (exact) mass is 334 g/mol. The van der Waals surface area contributed by atoms with E-state index in [2.05, 4.69) is 29.3 Å². The number of aryl methyl sites for hydroxylation is 1. The number of nitrogens with zero attached hydrogens (tertiary/aromatic N) is 1. The normalized spacial score (nSPS) is 21.2. The molecule has 114 valence electrons. The van der Waals surface area contributed by atoms with E-state index in [1.165, 1.54) is 16.0 Å². The summed E-state index contributed by atoms with van der Waals surface area (Å²) in [4.78, 5) is 4.75. The van der Waals surface area contributed by atoms with Gasteiger partial charge in [-0.3, -0.25) is 4.90 Å². The van der Waals surface area contributed by atoms with Crippen LogP contribution in [-0.4, -0.2) is 56.1 Å². The molecule has 1 unspecified atom stereocenters. The lowest BCUT2D eigenvalue weighted by Gasteiger charge is -2.33. The van der Waals surface area contributed by atoms with Gasteiger partial charge in [-0.1, -0.05) is 0 Å². The van der Waals surface area contributed by atoms with Gasteiger partial charge >= 0.3 is 0 Å². The molecular weight excluding hydrogens is 312 g/mol. The standard InChI is InChI=1S/C13H22N2O2S3/c1-11-3-4-12(19-11)9-14-5-6-15-7-8-18-10-13(15)20(2,16)17/h3-4,13-14H,5-10H2,1-2H3. The van der Waals surface area contributed by atoms with Crippen molar-refractivity contribution in [2.24, 2.45) is 0 Å². The number of nitrogens with one attached hydrogen (secondary N) is 1. The zero-order valence-electron chi connectivity index (χ0n) is 12.0. The van der Waals surface area contributed by atoms with Crippen LogP contribution in [0.4, 0.5) is 0 Å². The quantitative estimate of drug-likeness (QED) is 0.800. The van der Waals surface area contributed by atoms with E-state index in [0.29, 0.717) is 5.75 Å². The fourth-order valence-electron chi connectivity index (χ4n) is 2.28. The van der Waals surface area contributed by atoms with Gasteiger partial charge in [-0.2, -0.15) is 11.8 Å². The summed E-state index contributed by atoms with van der Waals surface area (Å²) in [6.45, 7) is 5.46. The van der Waals surface area contributed by atoms with Gasteiger partial charge in [-0.25, -0.2) is 8.42 Å². The van der Waals surface area contributed by atoms with E-state index < -0.39 is 9.84 Å². The molecule has 1 atom stereocenters. The summed E-state index contributed by atoms with van der Waals surface area (Å²) in [7, 11) is -2.98. The van der Waals surface area contributed by atoms with Crippen molar-refractivity contribution in [2.45, 2.75) is 18.8 Å². The highest BCUT2D eigenvalue weighted by molar-refractivity contribution is 8.00. The Labute approximate surface area is 129 Å². The number of thioether (sulfide) groups is 1. The molecule has 0 saturated carbocycles. The first-order valence-electron chi connectivity index (χ1n) is 6.73. The lowest BCUT2D eigenvalue weighted by atomic mass is 10.4. The van der Waals surface area contributed by atoms with Crippen LogP contribution in [0.1, 0.15) is 9.75 Å². The molecule has 1 aromatic heterocycles. The molecule has 4 nitrogen and oxygen atoms in total. The molecule has 20 heavy (non-hydrogen) atoms. The minimum Gasteiger partial charge on any atom is -0.311 e. The SMILES string of the molecule is Cc1ccc(CNCCN2CCSCC2S(C)(=O)=O)s1. The van der Waals surface area contributed by atoms with Gasteiger partial charge < -0.3 is 5.32 Å². The summed E-state index contributed by atoms with van der Waals surface area (Å²) in [5.74, 6) is 1.72. The van der Waals surface area contributed by atoms with Gasteiger partial charge in [0.25, 0.3) is 0 Å². The molecule has 1 saturated heterocycles. The van der Waals surface area contributed by atoms with Crippen molar-refractivity contribution in [3.8, 4) is 0 Å². The predicted octanol–water partition coefficient (Wildman–Crippen LogP) is 1.57. The highest BCUT2D eigenvalue weighted by atomic mass is 32.2. The number of thiophene rings is 1. The first-order chi connectivity index (χ1) is 9.47. The van der Waals surface area contributed by atoms with Crippen LogP contribution >= 0.6 is 23.1 Å². The summed E-state index contributed by atoms with van der Waals surface area (Å²) in [5.41, 5.74) is 0. The Kier molecular flexibility index (Phi) is 5.92. The van der Waals surface area contributed by atoms with Gasteiger partial charge in [0, 0.05) is 53.7 Å². The van der Waals surface area contributed by atoms with Crippen molar-refractivity contribution < 1.29 is 8.42 Å². The Balaban J connectivity index is 1.77. The van der Waals surface area contributed by atoms with Gasteiger partial charge in [-0.05, 0) is 19.1 Å². The third-order valence-corrected chi connectivity index (χ3v) is 7.04. The number of rotatable bonds is 6. The fourth-order valence-corrected chi connectivity index (χ4v) is 6.11. The minimum absolute atomic E-state index is 0.313. The van der Waals surface area contributed by atoms with E-state index in [4.69, 9.17) is 0 Å². The first kappa shape index (κ1) is 16.3. The van der Waals surface area contributed by atoms with E-state index in [1.807, 2.05) is 0 Å². The average molecular weight is 335 g/mol. The van der Waals surface area contributed by atoms with Gasteiger partial charge in [0.05, 0.1) is 0 Å². The zero-order valence-corrected chi connectivity index (χ0v) is 14.4. The van der Waals surface area contributed by atoms with Crippen LogP contribution in [0.25, 0.3) is 0 Å². The number of hydrogen-bond acceptors (Lipinski definition) is 6. The Morgan fingerprint density at radius 1 is 1.45 bits per heavy atom. The predicted molar refractivity (Wildman–Crippen MR) is 88.3 cm³/mol. The number of sulfone groups is 1. The van der Waals surface area contributed by atoms with Crippen molar-refractivity contribution >= 4 is 32.9 Å². The van der Waals surface area contributed by atoms with E-state index in [-0.39, 0.29) is 5.37 Å². The lowest BCUT2D eigenvalue weighted by Crippen LogP contribution is -2.49. The summed E-state index contributed by atoms with van der Waals surface area (Å²) in [5, 5.41) is 3.09. The third-order valence-electron chi connectivity index (χ3n) is 3.36. The van der Waals surface area contributed by atoms with Crippen LogP contribution in [0, 0.1) is 6.92 Å². The van der Waals surface area contributed by atoms with Crippen LogP contribution in [0.3, 0.4) is 0 Å². The second-order valence-electron chi connectivity index (χ2n) is 5.08. The number of hydrogen-bond donors (Lipinski definition) is 1. The molecule has 0 aromatic carbocycles. The molecule has 0 bridgehead atoms. The van der Waals surface area contributed by atoms with Gasteiger partial charge in [0.1, 0.15) is 5.37 Å². The molecule has 0 spiro atoms. The van der Waals surface area contributed by atoms with Gasteiger partial charge in [-0.15, -0.1) is 11.3 Å². The Morgan fingerprint density at radius 3 is 2.90 bits per heavy atom. The van der Waals surface area contributed by atoms with Crippen LogP contribution < -0.4 is 5.32 Å². The molecule has 0 radical (unpaired) electrons. The molecule has 1 aromatic rings. The Bertz CT molecular complexity index is 527. The molecule has 1 aliphatic rings. The average Bonchev–Trinajstić information content (AvgIpc) is 2.80. The molecular formula is C13H22N2O2S3. The second kappa shape index (κ2) is 7.26. The van der Waals surface area contributed by atoms with E-state index >= 15 is 0 Å². The maximum atomic E-state index is 11.8. The molecule has 1 aliphatic heterocycles. The van der Waals surface area contributed by atoms with Crippen molar-refractivity contribution in [2.75, 3.05) is 37.4 Å². The second-order valence-corrected chi connectivity index (χ2v) is 9.81. The smallest absolute Gasteiger partial charge is 0.164 e. The molecule has 0 aliphatic carbocycles. The minimum atomic E-state index is -2.98. The highest BCUT2D eigenvalue weighted by Gasteiger charge is 2.30. The maximum Gasteiger partial charge on any atom is 0.164 e. The van der Waals surface area contributed by atoms with Gasteiger partial charge in [0.2, 0.25) is 0 Å². The Morgan fingerprint density at radius 2 is 2.25 bits per heavy atom. The maximum absolute atomic E-state index is 11.8. The molecule has 7 heteroatoms. The Hall–Kier alpha value is -0.0800. The topological polar surface area (TPSA) is 49.4 Å². The first-order valence-corrected chi connectivity index (χ1v) is 10.7. The van der Waals surface area contributed by atoms with E-state index in [9.17, 15) is 8.42 Å². The summed E-state index contributed by atoms with van der Waals surface area (Å²) in [6, 6.07) is 4.27. The van der Waals surface area contributed by atoms with Crippen molar-refractivity contribution in [3.63, 3.8) is 0 Å². The molecule has 2 rings (SSSR count). The van der Waals surface area contributed by atoms with E-state index in [0.717, 1.165) is 31.9 Å². The summed E-state index contributed by atoms with van der Waals surface area (Å²) >= 11 is 3.54. The van der Waals surface area contributed by atoms with Crippen molar-refractivity contribution in [3.05, 3.63) is 21.9 Å². The zero-order chi connectivity index (χ0) is 14.6. The van der Waals surface area contributed by atoms with Gasteiger partial charge in [0.15, 0.2) is 9.84 Å².